The first-order valence-electron chi connectivity index (χ1n) is 11.6. The summed E-state index contributed by atoms with van der Waals surface area (Å²) in [6.07, 6.45) is -0.110. The molecule has 2 aromatic rings. The summed E-state index contributed by atoms with van der Waals surface area (Å²) < 4.78 is 59.9. The molecule has 0 saturated heterocycles. The highest BCUT2D eigenvalue weighted by Gasteiger charge is 2.32. The number of alkyl halides is 3. The van der Waals surface area contributed by atoms with E-state index >= 15 is 0 Å². The molecule has 1 aliphatic rings. The van der Waals surface area contributed by atoms with E-state index in [4.69, 9.17) is 10.5 Å². The van der Waals surface area contributed by atoms with Gasteiger partial charge in [-0.1, -0.05) is 0 Å². The second-order valence-corrected chi connectivity index (χ2v) is 8.60. The lowest BCUT2D eigenvalue weighted by molar-refractivity contribution is -0.137. The van der Waals surface area contributed by atoms with E-state index in [2.05, 4.69) is 27.7 Å². The smallest absolute Gasteiger partial charge is 0.416 e. The maximum atomic E-state index is 14.7. The highest BCUT2D eigenvalue weighted by Crippen LogP contribution is 2.33. The molecule has 0 radical (unpaired) electrons. The quantitative estimate of drug-likeness (QED) is 0.140. The van der Waals surface area contributed by atoms with Crippen molar-refractivity contribution in [2.75, 3.05) is 10.6 Å². The average Bonchev–Trinajstić information content (AvgIpc) is 3.69. The zero-order valence-corrected chi connectivity index (χ0v) is 20.7. The van der Waals surface area contributed by atoms with Crippen LogP contribution in [-0.4, -0.2) is 18.7 Å². The first kappa shape index (κ1) is 28.4. The third-order valence-electron chi connectivity index (χ3n) is 5.42. The van der Waals surface area contributed by atoms with E-state index in [0.29, 0.717) is 0 Å². The first-order chi connectivity index (χ1) is 17.9. The summed E-state index contributed by atoms with van der Waals surface area (Å²) in [6, 6.07) is 4.99. The Balaban J connectivity index is 1.68. The number of hydrogen-bond acceptors (Lipinski definition) is 5. The van der Waals surface area contributed by atoms with E-state index in [0.717, 1.165) is 31.0 Å². The fraction of sp³-hybridized carbons (Fsp3) is 0.269. The molecule has 1 fully saturated rings. The van der Waals surface area contributed by atoms with Gasteiger partial charge in [0.1, 0.15) is 11.6 Å². The molecule has 0 aromatic heterocycles. The molecule has 2 aromatic carbocycles. The van der Waals surface area contributed by atoms with Crippen LogP contribution in [0.4, 0.5) is 33.7 Å². The Labute approximate surface area is 216 Å². The maximum absolute atomic E-state index is 14.7. The molecule has 0 spiro atoms. The Kier molecular flexibility index (Phi) is 8.89. The highest BCUT2D eigenvalue weighted by molar-refractivity contribution is 5.99. The average molecular weight is 534 g/mol. The lowest BCUT2D eigenvalue weighted by Gasteiger charge is -2.15. The third-order valence-corrected chi connectivity index (χ3v) is 5.42. The summed E-state index contributed by atoms with van der Waals surface area (Å²) in [5.41, 5.74) is 4.82. The number of urea groups is 1. The van der Waals surface area contributed by atoms with Crippen molar-refractivity contribution in [3.8, 4) is 5.75 Å². The number of hydrogen-bond donors (Lipinski definition) is 4. The molecule has 12 heteroatoms. The van der Waals surface area contributed by atoms with Gasteiger partial charge in [0, 0.05) is 35.5 Å². The van der Waals surface area contributed by atoms with Crippen molar-refractivity contribution in [2.45, 2.75) is 38.9 Å². The van der Waals surface area contributed by atoms with Gasteiger partial charge >= 0.3 is 12.2 Å². The predicted molar refractivity (Wildman–Crippen MR) is 136 cm³/mol. The van der Waals surface area contributed by atoms with Gasteiger partial charge in [0.25, 0.3) is 0 Å². The molecule has 3 rings (SSSR count). The van der Waals surface area contributed by atoms with E-state index in [-0.39, 0.29) is 46.1 Å². The van der Waals surface area contributed by atoms with Gasteiger partial charge in [-0.2, -0.15) is 13.2 Å². The van der Waals surface area contributed by atoms with E-state index < -0.39 is 29.6 Å². The van der Waals surface area contributed by atoms with Gasteiger partial charge in [-0.25, -0.2) is 14.2 Å². The first-order valence-corrected chi connectivity index (χ1v) is 11.6. The van der Waals surface area contributed by atoms with E-state index in [1.165, 1.54) is 37.3 Å². The Morgan fingerprint density at radius 1 is 1.16 bits per heavy atom. The largest absolute Gasteiger partial charge is 0.454 e. The molecular formula is C26H27F4N5O3. The van der Waals surface area contributed by atoms with Gasteiger partial charge in [-0.3, -0.25) is 4.79 Å². The van der Waals surface area contributed by atoms with Crippen molar-refractivity contribution >= 4 is 30.0 Å². The molecule has 0 heterocycles. The minimum absolute atomic E-state index is 0.0226. The van der Waals surface area contributed by atoms with Gasteiger partial charge in [-0.05, 0) is 75.4 Å². The summed E-state index contributed by atoms with van der Waals surface area (Å²) in [4.78, 5) is 28.1. The van der Waals surface area contributed by atoms with Crippen LogP contribution in [0.3, 0.4) is 0 Å². The molecule has 202 valence electrons. The van der Waals surface area contributed by atoms with Crippen LogP contribution in [0, 0.1) is 11.7 Å². The van der Waals surface area contributed by atoms with Gasteiger partial charge in [0.05, 0.1) is 5.56 Å². The van der Waals surface area contributed by atoms with Gasteiger partial charge < -0.3 is 26.4 Å². The second kappa shape index (κ2) is 11.9. The third kappa shape index (κ3) is 7.90. The van der Waals surface area contributed by atoms with Crippen molar-refractivity contribution in [2.24, 2.45) is 16.6 Å². The van der Waals surface area contributed by atoms with Gasteiger partial charge in [0.2, 0.25) is 5.91 Å². The fourth-order valence-electron chi connectivity index (χ4n) is 3.23. The molecule has 1 unspecified atom stereocenters. The van der Waals surface area contributed by atoms with E-state index in [1.807, 2.05) is 0 Å². The van der Waals surface area contributed by atoms with Crippen LogP contribution in [0.2, 0.25) is 0 Å². The van der Waals surface area contributed by atoms with Crippen molar-refractivity contribution in [3.63, 3.8) is 0 Å². The predicted octanol–water partition coefficient (Wildman–Crippen LogP) is 5.86. The number of ether oxygens (including phenoxy) is 1. The molecule has 0 bridgehead atoms. The van der Waals surface area contributed by atoms with Gasteiger partial charge in [-0.15, -0.1) is 0 Å². The normalized spacial score (nSPS) is 14.9. The monoisotopic (exact) mass is 533 g/mol. The number of halogens is 4. The number of carbonyl (C=O) groups excluding carboxylic acids is 2. The van der Waals surface area contributed by atoms with E-state index in [9.17, 15) is 27.2 Å². The molecule has 1 aliphatic carbocycles. The number of nitrogens with two attached hydrogens (primary N) is 1. The number of nitrogens with zero attached hydrogens (tertiary/aromatic N) is 1. The Bertz CT molecular complexity index is 1280. The minimum atomic E-state index is -4.64. The summed E-state index contributed by atoms with van der Waals surface area (Å²) in [6.45, 7) is 6.56. The van der Waals surface area contributed by atoms with Crippen LogP contribution in [0.25, 0.3) is 0 Å². The van der Waals surface area contributed by atoms with E-state index in [1.54, 1.807) is 6.92 Å². The number of anilines is 2. The number of aliphatic imine (C=N–C) groups is 1. The van der Waals surface area contributed by atoms with Crippen LogP contribution in [0.1, 0.15) is 43.9 Å². The van der Waals surface area contributed by atoms with Gasteiger partial charge in [0.15, 0.2) is 11.6 Å². The zero-order valence-electron chi connectivity index (χ0n) is 20.7. The van der Waals surface area contributed by atoms with Crippen molar-refractivity contribution in [1.82, 2.24) is 5.32 Å². The zero-order chi connectivity index (χ0) is 28.0. The number of carbonyl (C=O) groups is 2. The molecule has 0 aliphatic heterocycles. The van der Waals surface area contributed by atoms with Crippen LogP contribution in [0.5, 0.6) is 5.75 Å². The Morgan fingerprint density at radius 2 is 1.84 bits per heavy atom. The van der Waals surface area contributed by atoms with Crippen LogP contribution >= 0.6 is 0 Å². The number of benzene rings is 2. The summed E-state index contributed by atoms with van der Waals surface area (Å²) >= 11 is 0. The summed E-state index contributed by atoms with van der Waals surface area (Å²) in [7, 11) is 0. The van der Waals surface area contributed by atoms with Crippen LogP contribution in [-0.2, 0) is 11.0 Å². The van der Waals surface area contributed by atoms with Crippen molar-refractivity contribution in [1.29, 1.82) is 0 Å². The van der Waals surface area contributed by atoms with Crippen molar-refractivity contribution < 1.29 is 31.9 Å². The highest BCUT2D eigenvalue weighted by atomic mass is 19.4. The van der Waals surface area contributed by atoms with Crippen LogP contribution < -0.4 is 26.4 Å². The summed E-state index contributed by atoms with van der Waals surface area (Å²) in [5.74, 6) is -0.925. The molecule has 1 saturated carbocycles. The fourth-order valence-corrected chi connectivity index (χ4v) is 3.23. The second-order valence-electron chi connectivity index (χ2n) is 8.60. The number of rotatable bonds is 9. The Hall–Kier alpha value is -4.19. The number of allylic oxidation sites excluding steroid dienone is 2. The lowest BCUT2D eigenvalue weighted by Crippen LogP contribution is -2.23. The summed E-state index contributed by atoms with van der Waals surface area (Å²) in [5, 5.41) is 7.28. The molecule has 3 amide bonds. The van der Waals surface area contributed by atoms with Crippen LogP contribution in [0.15, 0.2) is 65.1 Å². The molecule has 8 nitrogen and oxygen atoms in total. The molecule has 5 N–H and O–H groups in total. The topological polar surface area (TPSA) is 118 Å². The number of nitrogens with one attached hydrogen (secondary N) is 3. The minimum Gasteiger partial charge on any atom is -0.454 e. The number of amides is 3. The molecule has 38 heavy (non-hydrogen) atoms. The standard InChI is InChI=1S/C26H27F4N5O3/c1-4-20(13-23(32-3)35-24(36)15-5-6-15)38-22-8-7-18(12-21(22)27)33-25(37)34-19-10-16(14(2)31)9-17(11-19)26(28,29)30/h4,7-15H,3,5-6,31H2,1-2H3,(H,35,36)(H2,33,34,37)/b20-4+,23-13+. The maximum Gasteiger partial charge on any atom is 0.416 e. The molecular weight excluding hydrogens is 506 g/mol. The Morgan fingerprint density at radius 3 is 2.39 bits per heavy atom. The lowest BCUT2D eigenvalue weighted by atomic mass is 10.0. The SMILES string of the molecule is C=N/C(=C\C(=C/C)Oc1ccc(NC(=O)Nc2cc(C(C)N)cc(C(F)(F)F)c2)cc1F)NC(=O)C1CC1. The molecule has 1 atom stereocenters. The van der Waals surface area contributed by atoms with Crippen molar-refractivity contribution in [3.05, 3.63) is 77.1 Å².